The zero-order chi connectivity index (χ0) is 17.5. The smallest absolute Gasteiger partial charge is 0.261 e. The summed E-state index contributed by atoms with van der Waals surface area (Å²) >= 11 is 0. The highest BCUT2D eigenvalue weighted by atomic mass is 16.5. The van der Waals surface area contributed by atoms with Crippen molar-refractivity contribution >= 4 is 11.7 Å². The number of piperidine rings is 1. The number of nitrogens with one attached hydrogen (secondary N) is 1. The molecule has 3 rings (SSSR count). The molecule has 6 heteroatoms. The summed E-state index contributed by atoms with van der Waals surface area (Å²) in [6, 6.07) is 11.2. The first-order valence-electron chi connectivity index (χ1n) is 8.78. The highest BCUT2D eigenvalue weighted by Crippen LogP contribution is 2.17. The van der Waals surface area contributed by atoms with Crippen molar-refractivity contribution in [3.63, 3.8) is 0 Å². The lowest BCUT2D eigenvalue weighted by atomic mass is 10.1. The second kappa shape index (κ2) is 8.46. The molecule has 0 aliphatic carbocycles. The van der Waals surface area contributed by atoms with E-state index in [0.717, 1.165) is 18.9 Å². The molecule has 25 heavy (non-hydrogen) atoms. The summed E-state index contributed by atoms with van der Waals surface area (Å²) in [6.07, 6.45) is 4.86. The summed E-state index contributed by atoms with van der Waals surface area (Å²) in [7, 11) is 0. The van der Waals surface area contributed by atoms with E-state index in [1.807, 2.05) is 36.4 Å². The van der Waals surface area contributed by atoms with Gasteiger partial charge in [0.2, 0.25) is 0 Å². The number of anilines is 1. The van der Waals surface area contributed by atoms with E-state index in [1.165, 1.54) is 19.3 Å². The Kier molecular flexibility index (Phi) is 5.82. The Balaban J connectivity index is 1.53. The van der Waals surface area contributed by atoms with Gasteiger partial charge in [0.05, 0.1) is 6.54 Å². The van der Waals surface area contributed by atoms with Crippen LogP contribution in [0.15, 0.2) is 42.6 Å². The van der Waals surface area contributed by atoms with Crippen molar-refractivity contribution in [2.45, 2.75) is 38.8 Å². The SMILES string of the molecule is C[C@H](Oc1ccccc1)C(=O)NCc1nccc(N2CCCCC2)n1. The Hall–Kier alpha value is -2.63. The molecule has 0 radical (unpaired) electrons. The molecule has 1 aliphatic heterocycles. The molecule has 1 aromatic carbocycles. The molecule has 1 N–H and O–H groups in total. The monoisotopic (exact) mass is 340 g/mol. The van der Waals surface area contributed by atoms with E-state index < -0.39 is 6.10 Å². The predicted molar refractivity (Wildman–Crippen MR) is 96.5 cm³/mol. The Labute approximate surface area is 148 Å². The largest absolute Gasteiger partial charge is 0.481 e. The molecular weight excluding hydrogens is 316 g/mol. The van der Waals surface area contributed by atoms with E-state index >= 15 is 0 Å². The molecule has 2 heterocycles. The van der Waals surface area contributed by atoms with Gasteiger partial charge >= 0.3 is 0 Å². The lowest BCUT2D eigenvalue weighted by Gasteiger charge is -2.27. The minimum Gasteiger partial charge on any atom is -0.481 e. The molecule has 132 valence electrons. The first-order valence-corrected chi connectivity index (χ1v) is 8.78. The van der Waals surface area contributed by atoms with Gasteiger partial charge in [-0.2, -0.15) is 0 Å². The van der Waals surface area contributed by atoms with Gasteiger partial charge in [0.25, 0.3) is 5.91 Å². The fourth-order valence-electron chi connectivity index (χ4n) is 2.84. The van der Waals surface area contributed by atoms with E-state index in [2.05, 4.69) is 20.2 Å². The number of nitrogens with zero attached hydrogens (tertiary/aromatic N) is 3. The van der Waals surface area contributed by atoms with Gasteiger partial charge in [0, 0.05) is 19.3 Å². The van der Waals surface area contributed by atoms with E-state index in [9.17, 15) is 4.79 Å². The number of aromatic nitrogens is 2. The third-order valence-electron chi connectivity index (χ3n) is 4.22. The van der Waals surface area contributed by atoms with E-state index in [1.54, 1.807) is 13.1 Å². The van der Waals surface area contributed by atoms with Crippen LogP contribution in [0.1, 0.15) is 32.0 Å². The molecule has 6 nitrogen and oxygen atoms in total. The number of hydrogen-bond acceptors (Lipinski definition) is 5. The molecule has 1 aromatic heterocycles. The van der Waals surface area contributed by atoms with Crippen LogP contribution in [0.2, 0.25) is 0 Å². The summed E-state index contributed by atoms with van der Waals surface area (Å²) in [5.74, 6) is 2.04. The molecular formula is C19H24N4O2. The van der Waals surface area contributed by atoms with Gasteiger partial charge in [0.15, 0.2) is 6.10 Å². The van der Waals surface area contributed by atoms with Crippen molar-refractivity contribution in [3.05, 3.63) is 48.4 Å². The number of hydrogen-bond donors (Lipinski definition) is 1. The van der Waals surface area contributed by atoms with Gasteiger partial charge in [0.1, 0.15) is 17.4 Å². The third-order valence-corrected chi connectivity index (χ3v) is 4.22. The summed E-state index contributed by atoms with van der Waals surface area (Å²) in [4.78, 5) is 23.3. The van der Waals surface area contributed by atoms with Crippen molar-refractivity contribution in [2.75, 3.05) is 18.0 Å². The predicted octanol–water partition coefficient (Wildman–Crippen LogP) is 2.55. The number of rotatable bonds is 6. The molecule has 1 atom stereocenters. The molecule has 0 saturated carbocycles. The third kappa shape index (κ3) is 4.92. The van der Waals surface area contributed by atoms with Crippen molar-refractivity contribution in [2.24, 2.45) is 0 Å². The lowest BCUT2D eigenvalue weighted by Crippen LogP contribution is -2.36. The van der Waals surface area contributed by atoms with Crippen LogP contribution in [-0.2, 0) is 11.3 Å². The van der Waals surface area contributed by atoms with Gasteiger partial charge in [-0.15, -0.1) is 0 Å². The molecule has 1 fully saturated rings. The van der Waals surface area contributed by atoms with Gasteiger partial charge in [-0.1, -0.05) is 18.2 Å². The average molecular weight is 340 g/mol. The van der Waals surface area contributed by atoms with Crippen LogP contribution < -0.4 is 15.0 Å². The Morgan fingerprint density at radius 2 is 1.96 bits per heavy atom. The van der Waals surface area contributed by atoms with Crippen molar-refractivity contribution in [1.82, 2.24) is 15.3 Å². The van der Waals surface area contributed by atoms with Gasteiger partial charge in [-0.3, -0.25) is 4.79 Å². The van der Waals surface area contributed by atoms with Crippen molar-refractivity contribution in [3.8, 4) is 5.75 Å². The normalized spacial score (nSPS) is 15.5. The van der Waals surface area contributed by atoms with Gasteiger partial charge < -0.3 is 15.0 Å². The van der Waals surface area contributed by atoms with Crippen LogP contribution in [0.5, 0.6) is 5.75 Å². The van der Waals surface area contributed by atoms with Crippen LogP contribution in [0.4, 0.5) is 5.82 Å². The fraction of sp³-hybridized carbons (Fsp3) is 0.421. The number of para-hydroxylation sites is 1. The van der Waals surface area contributed by atoms with Gasteiger partial charge in [-0.25, -0.2) is 9.97 Å². The molecule has 0 unspecified atom stereocenters. The molecule has 1 saturated heterocycles. The van der Waals surface area contributed by atoms with Crippen LogP contribution in [0, 0.1) is 0 Å². The maximum atomic E-state index is 12.2. The Morgan fingerprint density at radius 1 is 1.20 bits per heavy atom. The Bertz CT molecular complexity index is 687. The van der Waals surface area contributed by atoms with Crippen LogP contribution in [0.3, 0.4) is 0 Å². The quantitative estimate of drug-likeness (QED) is 0.875. The van der Waals surface area contributed by atoms with Crippen molar-refractivity contribution in [1.29, 1.82) is 0 Å². The zero-order valence-electron chi connectivity index (χ0n) is 14.5. The second-order valence-corrected chi connectivity index (χ2v) is 6.17. The number of carbonyl (C=O) groups is 1. The summed E-state index contributed by atoms with van der Waals surface area (Å²) in [6.45, 7) is 4.09. The lowest BCUT2D eigenvalue weighted by molar-refractivity contribution is -0.127. The topological polar surface area (TPSA) is 67.3 Å². The summed E-state index contributed by atoms with van der Waals surface area (Å²) < 4.78 is 5.62. The summed E-state index contributed by atoms with van der Waals surface area (Å²) in [5, 5.41) is 2.84. The summed E-state index contributed by atoms with van der Waals surface area (Å²) in [5.41, 5.74) is 0. The van der Waals surface area contributed by atoms with E-state index in [4.69, 9.17) is 4.74 Å². The standard InChI is InChI=1S/C19H24N4O2/c1-15(25-16-8-4-2-5-9-16)19(24)21-14-17-20-11-10-18(22-17)23-12-6-3-7-13-23/h2,4-5,8-11,15H,3,6-7,12-14H2,1H3,(H,21,24)/t15-/m0/s1. The molecule has 0 spiro atoms. The number of ether oxygens (including phenoxy) is 1. The number of carbonyl (C=O) groups excluding carboxylic acids is 1. The van der Waals surface area contributed by atoms with Crippen molar-refractivity contribution < 1.29 is 9.53 Å². The average Bonchev–Trinajstić information content (AvgIpc) is 2.68. The maximum absolute atomic E-state index is 12.2. The highest BCUT2D eigenvalue weighted by Gasteiger charge is 2.16. The minimum atomic E-state index is -0.576. The highest BCUT2D eigenvalue weighted by molar-refractivity contribution is 5.80. The second-order valence-electron chi connectivity index (χ2n) is 6.17. The molecule has 2 aromatic rings. The molecule has 1 amide bonds. The number of amides is 1. The Morgan fingerprint density at radius 3 is 2.72 bits per heavy atom. The zero-order valence-corrected chi connectivity index (χ0v) is 14.5. The van der Waals surface area contributed by atoms with Gasteiger partial charge in [-0.05, 0) is 44.4 Å². The van der Waals surface area contributed by atoms with Crippen LogP contribution in [0.25, 0.3) is 0 Å². The van der Waals surface area contributed by atoms with E-state index in [0.29, 0.717) is 18.1 Å². The fourth-order valence-corrected chi connectivity index (χ4v) is 2.84. The number of benzene rings is 1. The van der Waals surface area contributed by atoms with E-state index in [-0.39, 0.29) is 5.91 Å². The maximum Gasteiger partial charge on any atom is 0.261 e. The molecule has 0 bridgehead atoms. The first-order chi connectivity index (χ1) is 12.2. The molecule has 1 aliphatic rings. The van der Waals surface area contributed by atoms with Crippen LogP contribution >= 0.6 is 0 Å². The van der Waals surface area contributed by atoms with Crippen LogP contribution in [-0.4, -0.2) is 35.1 Å². The minimum absolute atomic E-state index is 0.184. The first kappa shape index (κ1) is 17.2.